The number of hydrogen-bond donors (Lipinski definition) is 2. The molecule has 0 saturated heterocycles. The standard InChI is InChI=1S/C21H22BrN5O4S/c1-27-18(11-23-20(29)13-7-8-16(30-2)17(9-13)31-3)25-26-21(27)32-12-19(28)24-15-6-4-5-14(22)10-15/h4-10H,11-12H2,1-3H3,(H,23,29)(H,24,28). The molecular weight excluding hydrogens is 498 g/mol. The minimum atomic E-state index is -0.281. The first-order chi connectivity index (χ1) is 15.4. The monoisotopic (exact) mass is 519 g/mol. The molecule has 0 fully saturated rings. The van der Waals surface area contributed by atoms with Crippen molar-refractivity contribution >= 4 is 45.2 Å². The number of carbonyl (C=O) groups excluding carboxylic acids is 2. The van der Waals surface area contributed by atoms with Crippen LogP contribution in [-0.4, -0.2) is 46.6 Å². The fraction of sp³-hybridized carbons (Fsp3) is 0.238. The third-order valence-corrected chi connectivity index (χ3v) is 5.93. The lowest BCUT2D eigenvalue weighted by Crippen LogP contribution is -2.24. The number of halogens is 1. The Morgan fingerprint density at radius 1 is 1.09 bits per heavy atom. The zero-order valence-corrected chi connectivity index (χ0v) is 20.1. The van der Waals surface area contributed by atoms with Gasteiger partial charge in [-0.05, 0) is 36.4 Å². The number of nitrogens with one attached hydrogen (secondary N) is 2. The molecule has 2 N–H and O–H groups in total. The molecule has 3 aromatic rings. The number of nitrogens with zero attached hydrogens (tertiary/aromatic N) is 3. The van der Waals surface area contributed by atoms with Crippen LogP contribution in [-0.2, 0) is 18.4 Å². The quantitative estimate of drug-likeness (QED) is 0.417. The lowest BCUT2D eigenvalue weighted by atomic mass is 10.2. The van der Waals surface area contributed by atoms with Crippen LogP contribution in [0.4, 0.5) is 5.69 Å². The van der Waals surface area contributed by atoms with E-state index in [0.29, 0.717) is 33.7 Å². The van der Waals surface area contributed by atoms with Crippen LogP contribution in [0.5, 0.6) is 11.5 Å². The van der Waals surface area contributed by atoms with Gasteiger partial charge < -0.3 is 24.7 Å². The summed E-state index contributed by atoms with van der Waals surface area (Å²) >= 11 is 4.63. The van der Waals surface area contributed by atoms with Gasteiger partial charge in [-0.25, -0.2) is 0 Å². The van der Waals surface area contributed by atoms with Gasteiger partial charge in [0.05, 0.1) is 26.5 Å². The number of ether oxygens (including phenoxy) is 2. The third-order valence-electron chi connectivity index (χ3n) is 4.42. The van der Waals surface area contributed by atoms with Crippen molar-refractivity contribution in [2.45, 2.75) is 11.7 Å². The Morgan fingerprint density at radius 3 is 2.59 bits per heavy atom. The molecule has 0 unspecified atom stereocenters. The van der Waals surface area contributed by atoms with E-state index < -0.39 is 0 Å². The highest BCUT2D eigenvalue weighted by atomic mass is 79.9. The zero-order valence-electron chi connectivity index (χ0n) is 17.7. The Labute approximate surface area is 198 Å². The van der Waals surface area contributed by atoms with E-state index in [1.165, 1.54) is 26.0 Å². The molecule has 9 nitrogen and oxygen atoms in total. The summed E-state index contributed by atoms with van der Waals surface area (Å²) in [6.45, 7) is 0.182. The average molecular weight is 520 g/mol. The van der Waals surface area contributed by atoms with Crippen molar-refractivity contribution in [2.75, 3.05) is 25.3 Å². The second-order valence-corrected chi connectivity index (χ2v) is 8.42. The number of hydrogen-bond acceptors (Lipinski definition) is 7. The molecule has 168 valence electrons. The molecule has 1 aromatic heterocycles. The molecule has 11 heteroatoms. The van der Waals surface area contributed by atoms with Crippen LogP contribution in [0.2, 0.25) is 0 Å². The van der Waals surface area contributed by atoms with Gasteiger partial charge in [0, 0.05) is 22.8 Å². The molecule has 0 aliphatic carbocycles. The highest BCUT2D eigenvalue weighted by Crippen LogP contribution is 2.27. The number of thioether (sulfide) groups is 1. The maximum atomic E-state index is 12.5. The smallest absolute Gasteiger partial charge is 0.251 e. The first-order valence-corrected chi connectivity index (χ1v) is 11.3. The number of benzene rings is 2. The van der Waals surface area contributed by atoms with Crippen LogP contribution in [0.1, 0.15) is 16.2 Å². The van der Waals surface area contributed by atoms with Gasteiger partial charge in [-0.2, -0.15) is 0 Å². The van der Waals surface area contributed by atoms with Crippen LogP contribution < -0.4 is 20.1 Å². The summed E-state index contributed by atoms with van der Waals surface area (Å²) in [5.41, 5.74) is 1.14. The minimum absolute atomic E-state index is 0.153. The number of anilines is 1. The SMILES string of the molecule is COc1ccc(C(=O)NCc2nnc(SCC(=O)Nc3cccc(Br)c3)n2C)cc1OC. The van der Waals surface area contributed by atoms with Gasteiger partial charge in [-0.3, -0.25) is 9.59 Å². The Kier molecular flexibility index (Phi) is 8.12. The van der Waals surface area contributed by atoms with E-state index >= 15 is 0 Å². The highest BCUT2D eigenvalue weighted by Gasteiger charge is 2.14. The molecule has 3 rings (SSSR count). The van der Waals surface area contributed by atoms with Crippen molar-refractivity contribution in [1.82, 2.24) is 20.1 Å². The predicted molar refractivity (Wildman–Crippen MR) is 125 cm³/mol. The fourth-order valence-corrected chi connectivity index (χ4v) is 3.89. The third kappa shape index (κ3) is 6.01. The lowest BCUT2D eigenvalue weighted by molar-refractivity contribution is -0.113. The molecule has 0 bridgehead atoms. The summed E-state index contributed by atoms with van der Waals surface area (Å²) in [5.74, 6) is 1.32. The van der Waals surface area contributed by atoms with Crippen LogP contribution >= 0.6 is 27.7 Å². The molecule has 1 heterocycles. The molecule has 0 aliphatic rings. The molecule has 0 saturated carbocycles. The summed E-state index contributed by atoms with van der Waals surface area (Å²) in [6, 6.07) is 12.3. The number of aromatic nitrogens is 3. The summed E-state index contributed by atoms with van der Waals surface area (Å²) in [4.78, 5) is 24.7. The Hall–Kier alpha value is -3.05. The Morgan fingerprint density at radius 2 is 1.88 bits per heavy atom. The van der Waals surface area contributed by atoms with E-state index in [-0.39, 0.29) is 24.1 Å². The van der Waals surface area contributed by atoms with Crippen molar-refractivity contribution in [1.29, 1.82) is 0 Å². The molecule has 0 atom stereocenters. The predicted octanol–water partition coefficient (Wildman–Crippen LogP) is 3.26. The van der Waals surface area contributed by atoms with Crippen molar-refractivity contribution < 1.29 is 19.1 Å². The Balaban J connectivity index is 1.54. The van der Waals surface area contributed by atoms with Crippen LogP contribution in [0.15, 0.2) is 52.1 Å². The Bertz CT molecular complexity index is 1120. The second-order valence-electron chi connectivity index (χ2n) is 6.56. The first kappa shape index (κ1) is 23.6. The zero-order chi connectivity index (χ0) is 23.1. The molecule has 32 heavy (non-hydrogen) atoms. The van der Waals surface area contributed by atoms with E-state index in [9.17, 15) is 9.59 Å². The van der Waals surface area contributed by atoms with E-state index in [2.05, 4.69) is 36.8 Å². The fourth-order valence-electron chi connectivity index (χ4n) is 2.76. The summed E-state index contributed by atoms with van der Waals surface area (Å²) in [6.07, 6.45) is 0. The van der Waals surface area contributed by atoms with Crippen LogP contribution in [0.25, 0.3) is 0 Å². The van der Waals surface area contributed by atoms with Gasteiger partial charge in [0.1, 0.15) is 0 Å². The van der Waals surface area contributed by atoms with Gasteiger partial charge in [0.15, 0.2) is 22.5 Å². The van der Waals surface area contributed by atoms with Gasteiger partial charge >= 0.3 is 0 Å². The van der Waals surface area contributed by atoms with Crippen molar-refractivity contribution in [3.05, 3.63) is 58.3 Å². The molecular formula is C21H22BrN5O4S. The first-order valence-electron chi connectivity index (χ1n) is 9.48. The number of rotatable bonds is 9. The highest BCUT2D eigenvalue weighted by molar-refractivity contribution is 9.10. The topological polar surface area (TPSA) is 107 Å². The van der Waals surface area contributed by atoms with Crippen molar-refractivity contribution in [3.63, 3.8) is 0 Å². The number of methoxy groups -OCH3 is 2. The van der Waals surface area contributed by atoms with Gasteiger partial charge in [-0.15, -0.1) is 10.2 Å². The maximum Gasteiger partial charge on any atom is 0.251 e. The minimum Gasteiger partial charge on any atom is -0.493 e. The van der Waals surface area contributed by atoms with E-state index in [1.54, 1.807) is 29.8 Å². The normalized spacial score (nSPS) is 10.5. The van der Waals surface area contributed by atoms with E-state index in [0.717, 1.165) is 4.47 Å². The van der Waals surface area contributed by atoms with Gasteiger partial charge in [0.2, 0.25) is 5.91 Å². The van der Waals surface area contributed by atoms with Gasteiger partial charge in [0.25, 0.3) is 5.91 Å². The number of amides is 2. The van der Waals surface area contributed by atoms with E-state index in [1.807, 2.05) is 24.3 Å². The lowest BCUT2D eigenvalue weighted by Gasteiger charge is -2.10. The summed E-state index contributed by atoms with van der Waals surface area (Å²) in [5, 5.41) is 14.4. The molecule has 0 spiro atoms. The molecule has 2 amide bonds. The molecule has 0 aliphatic heterocycles. The molecule has 0 radical (unpaired) electrons. The van der Waals surface area contributed by atoms with Crippen molar-refractivity contribution in [2.24, 2.45) is 7.05 Å². The van der Waals surface area contributed by atoms with Gasteiger partial charge in [-0.1, -0.05) is 33.8 Å². The number of carbonyl (C=O) groups is 2. The second kappa shape index (κ2) is 11.0. The van der Waals surface area contributed by atoms with Crippen LogP contribution in [0, 0.1) is 0 Å². The van der Waals surface area contributed by atoms with Crippen LogP contribution in [0.3, 0.4) is 0 Å². The van der Waals surface area contributed by atoms with E-state index in [4.69, 9.17) is 9.47 Å². The largest absolute Gasteiger partial charge is 0.493 e. The summed E-state index contributed by atoms with van der Waals surface area (Å²) in [7, 11) is 4.83. The summed E-state index contributed by atoms with van der Waals surface area (Å²) < 4.78 is 13.0. The maximum absolute atomic E-state index is 12.5. The molecule has 2 aromatic carbocycles. The average Bonchev–Trinajstić information content (AvgIpc) is 3.14. The van der Waals surface area contributed by atoms with Crippen molar-refractivity contribution in [3.8, 4) is 11.5 Å².